The summed E-state index contributed by atoms with van der Waals surface area (Å²) < 4.78 is 14.6. The van der Waals surface area contributed by atoms with Gasteiger partial charge < -0.3 is 14.8 Å². The summed E-state index contributed by atoms with van der Waals surface area (Å²) in [5.41, 5.74) is -2.30. The highest BCUT2D eigenvalue weighted by atomic mass is 19.1. The topological polar surface area (TPSA) is 95.3 Å². The second kappa shape index (κ2) is 4.08. The van der Waals surface area contributed by atoms with Crippen LogP contribution in [0.1, 0.15) is 0 Å². The number of hydrogen-bond donors (Lipinski definition) is 3. The quantitative estimate of drug-likeness (QED) is 0.599. The summed E-state index contributed by atoms with van der Waals surface area (Å²) in [5, 5.41) is 18.1. The van der Waals surface area contributed by atoms with Crippen molar-refractivity contribution in [2.75, 3.05) is 13.2 Å². The van der Waals surface area contributed by atoms with Crippen LogP contribution in [0.4, 0.5) is 4.39 Å². The molecule has 1 aliphatic carbocycles. The largest absolute Gasteiger partial charge is 0.396 e. The normalized spacial score (nSPS) is 25.8. The number of alkyl halides is 1. The number of H-pyrrole nitrogens is 1. The highest BCUT2D eigenvalue weighted by molar-refractivity contribution is 5.11. The highest BCUT2D eigenvalue weighted by Gasteiger charge is 2.65. The molecule has 17 heavy (non-hydrogen) atoms. The van der Waals surface area contributed by atoms with E-state index in [0.717, 1.165) is 10.6 Å². The molecule has 6 nitrogen and oxygen atoms in total. The van der Waals surface area contributed by atoms with Crippen LogP contribution < -0.4 is 11.2 Å². The number of rotatable bonds is 4. The molecule has 0 bridgehead atoms. The van der Waals surface area contributed by atoms with Crippen LogP contribution in [-0.2, 0) is 6.54 Å². The zero-order valence-electron chi connectivity index (χ0n) is 8.97. The van der Waals surface area contributed by atoms with Gasteiger partial charge in [0.05, 0.1) is 18.6 Å². The Bertz CT molecular complexity index is 520. The number of nitrogens with one attached hydrogen (secondary N) is 1. The van der Waals surface area contributed by atoms with Gasteiger partial charge in [-0.15, -0.1) is 0 Å². The van der Waals surface area contributed by atoms with Crippen molar-refractivity contribution >= 4 is 0 Å². The van der Waals surface area contributed by atoms with Crippen molar-refractivity contribution in [1.29, 1.82) is 0 Å². The second-order valence-electron chi connectivity index (χ2n) is 4.32. The van der Waals surface area contributed by atoms with E-state index in [1.165, 1.54) is 6.20 Å². The number of hydrogen-bond acceptors (Lipinski definition) is 4. The Labute approximate surface area is 95.3 Å². The molecule has 94 valence electrons. The van der Waals surface area contributed by atoms with Crippen molar-refractivity contribution in [3.05, 3.63) is 33.1 Å². The van der Waals surface area contributed by atoms with Crippen molar-refractivity contribution in [3.8, 4) is 0 Å². The Balaban J connectivity index is 2.19. The van der Waals surface area contributed by atoms with E-state index in [1.54, 1.807) is 0 Å². The lowest BCUT2D eigenvalue weighted by atomic mass is 10.1. The zero-order chi connectivity index (χ0) is 12.6. The molecule has 1 aliphatic rings. The molecule has 0 amide bonds. The van der Waals surface area contributed by atoms with Crippen molar-refractivity contribution in [2.24, 2.45) is 11.3 Å². The summed E-state index contributed by atoms with van der Waals surface area (Å²) in [6.45, 7) is -0.904. The number of aliphatic hydroxyl groups is 2. The molecule has 1 fully saturated rings. The monoisotopic (exact) mass is 244 g/mol. The molecule has 0 saturated heterocycles. The van der Waals surface area contributed by atoms with Crippen LogP contribution in [0.5, 0.6) is 0 Å². The third-order valence-corrected chi connectivity index (χ3v) is 3.41. The van der Waals surface area contributed by atoms with Gasteiger partial charge in [-0.25, -0.2) is 9.18 Å². The predicted molar refractivity (Wildman–Crippen MR) is 56.3 cm³/mol. The van der Waals surface area contributed by atoms with Crippen LogP contribution in [0.3, 0.4) is 0 Å². The van der Waals surface area contributed by atoms with Gasteiger partial charge in [0.2, 0.25) is 0 Å². The van der Waals surface area contributed by atoms with E-state index in [9.17, 15) is 14.0 Å². The van der Waals surface area contributed by atoms with Gasteiger partial charge in [-0.05, 0) is 0 Å². The smallest absolute Gasteiger partial charge is 0.328 e. The summed E-state index contributed by atoms with van der Waals surface area (Å²) in [7, 11) is 0. The van der Waals surface area contributed by atoms with Gasteiger partial charge in [0.1, 0.15) is 6.17 Å². The van der Waals surface area contributed by atoms with Gasteiger partial charge in [0.25, 0.3) is 5.56 Å². The maximum Gasteiger partial charge on any atom is 0.328 e. The van der Waals surface area contributed by atoms with E-state index in [2.05, 4.69) is 4.98 Å². The Kier molecular flexibility index (Phi) is 2.88. The molecule has 2 rings (SSSR count). The molecule has 0 spiro atoms. The lowest BCUT2D eigenvalue weighted by Gasteiger charge is -2.09. The maximum atomic E-state index is 13.5. The Morgan fingerprint density at radius 1 is 1.41 bits per heavy atom. The first-order chi connectivity index (χ1) is 8.05. The van der Waals surface area contributed by atoms with E-state index in [4.69, 9.17) is 10.2 Å². The van der Waals surface area contributed by atoms with Crippen LogP contribution in [0.25, 0.3) is 0 Å². The molecular weight excluding hydrogens is 231 g/mol. The SMILES string of the molecule is O=c1ccn(C[C@@H]2[C@@H](F)C2(CO)CO)c(=O)[nH]1. The molecule has 0 aliphatic heterocycles. The summed E-state index contributed by atoms with van der Waals surface area (Å²) >= 11 is 0. The predicted octanol–water partition coefficient (Wildman–Crippen LogP) is -1.52. The first-order valence-electron chi connectivity index (χ1n) is 5.21. The fraction of sp³-hybridized carbons (Fsp3) is 0.600. The van der Waals surface area contributed by atoms with Crippen molar-refractivity contribution < 1.29 is 14.6 Å². The van der Waals surface area contributed by atoms with Crippen LogP contribution in [-0.4, -0.2) is 39.1 Å². The molecule has 1 heterocycles. The molecule has 3 N–H and O–H groups in total. The molecule has 1 aromatic heterocycles. The minimum Gasteiger partial charge on any atom is -0.396 e. The average Bonchev–Trinajstić information content (AvgIpc) is 2.87. The molecule has 0 radical (unpaired) electrons. The number of halogens is 1. The van der Waals surface area contributed by atoms with E-state index in [0.29, 0.717) is 0 Å². The highest BCUT2D eigenvalue weighted by Crippen LogP contribution is 2.55. The maximum absolute atomic E-state index is 13.5. The minimum atomic E-state index is -1.34. The Morgan fingerprint density at radius 2 is 2.06 bits per heavy atom. The Hall–Kier alpha value is -1.47. The van der Waals surface area contributed by atoms with Crippen molar-refractivity contribution in [3.63, 3.8) is 0 Å². The summed E-state index contributed by atoms with van der Waals surface area (Å²) in [6, 6.07) is 1.16. The van der Waals surface area contributed by atoms with E-state index in [-0.39, 0.29) is 6.54 Å². The fourth-order valence-electron chi connectivity index (χ4n) is 2.06. The van der Waals surface area contributed by atoms with Crippen LogP contribution in [0, 0.1) is 11.3 Å². The van der Waals surface area contributed by atoms with Crippen molar-refractivity contribution in [1.82, 2.24) is 9.55 Å². The third-order valence-electron chi connectivity index (χ3n) is 3.41. The molecular formula is C10H13FN2O4. The summed E-state index contributed by atoms with van der Waals surface area (Å²) in [4.78, 5) is 24.2. The zero-order valence-corrected chi connectivity index (χ0v) is 8.97. The summed E-state index contributed by atoms with van der Waals surface area (Å²) in [5.74, 6) is -0.610. The van der Waals surface area contributed by atoms with Gasteiger partial charge in [-0.1, -0.05) is 0 Å². The molecule has 7 heteroatoms. The molecule has 1 aromatic rings. The number of aromatic amines is 1. The van der Waals surface area contributed by atoms with Crippen LogP contribution in [0.2, 0.25) is 0 Å². The average molecular weight is 244 g/mol. The first kappa shape index (κ1) is 12.0. The van der Waals surface area contributed by atoms with Crippen LogP contribution >= 0.6 is 0 Å². The Morgan fingerprint density at radius 3 is 2.53 bits per heavy atom. The second-order valence-corrected chi connectivity index (χ2v) is 4.32. The van der Waals surface area contributed by atoms with Gasteiger partial charge in [0.15, 0.2) is 0 Å². The molecule has 1 saturated carbocycles. The number of aromatic nitrogens is 2. The van der Waals surface area contributed by atoms with Gasteiger partial charge >= 0.3 is 5.69 Å². The van der Waals surface area contributed by atoms with E-state index in [1.807, 2.05) is 0 Å². The van der Waals surface area contributed by atoms with Gasteiger partial charge in [0, 0.05) is 24.7 Å². The molecule has 0 aromatic carbocycles. The van der Waals surface area contributed by atoms with E-state index < -0.39 is 42.0 Å². The standard InChI is InChI=1S/C10H13FN2O4/c11-8-6(10(8,4-14)5-15)3-13-2-1-7(16)12-9(13)17/h1-2,6,8,14-15H,3-5H2,(H,12,16,17)/t6-,8-/m1/s1. The fourth-order valence-corrected chi connectivity index (χ4v) is 2.06. The van der Waals surface area contributed by atoms with Crippen molar-refractivity contribution in [2.45, 2.75) is 12.7 Å². The minimum absolute atomic E-state index is 0.0257. The summed E-state index contributed by atoms with van der Waals surface area (Å²) in [6.07, 6.45) is -0.0672. The third kappa shape index (κ3) is 1.81. The van der Waals surface area contributed by atoms with Gasteiger partial charge in [-0.3, -0.25) is 9.78 Å². The first-order valence-corrected chi connectivity index (χ1v) is 5.21. The van der Waals surface area contributed by atoms with E-state index >= 15 is 0 Å². The molecule has 0 unspecified atom stereocenters. The lowest BCUT2D eigenvalue weighted by Crippen LogP contribution is -2.30. The van der Waals surface area contributed by atoms with Crippen LogP contribution in [0.15, 0.2) is 21.9 Å². The number of aliphatic hydroxyl groups excluding tert-OH is 2. The lowest BCUT2D eigenvalue weighted by molar-refractivity contribution is 0.105. The molecule has 2 atom stereocenters. The number of nitrogens with zero attached hydrogens (tertiary/aromatic N) is 1. The van der Waals surface area contributed by atoms with Gasteiger partial charge in [-0.2, -0.15) is 0 Å².